The molecule has 0 fully saturated rings. The van der Waals surface area contributed by atoms with Gasteiger partial charge in [0.25, 0.3) is 0 Å². The molecule has 2 heterocycles. The van der Waals surface area contributed by atoms with Crippen molar-refractivity contribution in [2.45, 2.75) is 0 Å². The van der Waals surface area contributed by atoms with Crippen molar-refractivity contribution >= 4 is 76.3 Å². The van der Waals surface area contributed by atoms with Crippen LogP contribution in [-0.4, -0.2) is 0 Å². The van der Waals surface area contributed by atoms with Crippen LogP contribution in [0.5, 0.6) is 5.75 Å². The smallest absolute Gasteiger partial charge is 0.145 e. The SMILES string of the molecule is C1=C(c2cc3ccc4c5ccccc5c5ccc(s2)c3c45)Oc2cccc3cccc1c23. The average Bonchev–Trinajstić information content (AvgIpc) is 3.18. The molecule has 1 aromatic heterocycles. The molecule has 148 valence electrons. The van der Waals surface area contributed by atoms with E-state index in [1.165, 1.54) is 58.7 Å². The van der Waals surface area contributed by atoms with Crippen molar-refractivity contribution in [3.8, 4) is 5.75 Å². The number of rotatable bonds is 1. The molecular formula is C30H16OS. The first-order chi connectivity index (χ1) is 15.8. The molecule has 0 saturated heterocycles. The van der Waals surface area contributed by atoms with Crippen LogP contribution in [0.1, 0.15) is 10.4 Å². The number of benzene rings is 5. The minimum atomic E-state index is 0.923. The first-order valence-corrected chi connectivity index (χ1v) is 11.7. The third-order valence-corrected chi connectivity index (χ3v) is 7.92. The van der Waals surface area contributed by atoms with E-state index >= 15 is 0 Å². The maximum absolute atomic E-state index is 6.44. The van der Waals surface area contributed by atoms with Crippen molar-refractivity contribution in [1.29, 1.82) is 0 Å². The fourth-order valence-electron chi connectivity index (χ4n) is 5.46. The van der Waals surface area contributed by atoms with E-state index in [0.717, 1.165) is 16.4 Å². The topological polar surface area (TPSA) is 9.23 Å². The van der Waals surface area contributed by atoms with Gasteiger partial charge in [-0.05, 0) is 67.5 Å². The van der Waals surface area contributed by atoms with E-state index in [1.54, 1.807) is 0 Å². The molecule has 8 rings (SSSR count). The molecule has 1 aliphatic heterocycles. The summed E-state index contributed by atoms with van der Waals surface area (Å²) >= 11 is 1.81. The maximum Gasteiger partial charge on any atom is 0.145 e. The summed E-state index contributed by atoms with van der Waals surface area (Å²) in [6.45, 7) is 0. The molecule has 6 aromatic carbocycles. The summed E-state index contributed by atoms with van der Waals surface area (Å²) in [5.41, 5.74) is 1.22. The number of fused-ring (bicyclic) bond motifs is 3. The molecule has 0 saturated carbocycles. The Bertz CT molecular complexity index is 1820. The van der Waals surface area contributed by atoms with E-state index in [-0.39, 0.29) is 0 Å². The fraction of sp³-hybridized carbons (Fsp3) is 0. The summed E-state index contributed by atoms with van der Waals surface area (Å²) in [5.74, 6) is 1.86. The van der Waals surface area contributed by atoms with E-state index in [1.807, 2.05) is 11.3 Å². The third kappa shape index (κ3) is 2.08. The Morgan fingerprint density at radius 1 is 0.562 bits per heavy atom. The predicted molar refractivity (Wildman–Crippen MR) is 138 cm³/mol. The molecule has 0 bridgehead atoms. The van der Waals surface area contributed by atoms with Crippen molar-refractivity contribution < 1.29 is 4.74 Å². The van der Waals surface area contributed by atoms with Crippen LogP contribution in [-0.2, 0) is 0 Å². The molecule has 7 aromatic rings. The van der Waals surface area contributed by atoms with Crippen LogP contribution < -0.4 is 4.74 Å². The number of hydrogen-bond acceptors (Lipinski definition) is 2. The van der Waals surface area contributed by atoms with Gasteiger partial charge in [0.2, 0.25) is 0 Å². The van der Waals surface area contributed by atoms with E-state index in [2.05, 4.69) is 97.1 Å². The summed E-state index contributed by atoms with van der Waals surface area (Å²) < 4.78 is 7.74. The summed E-state index contributed by atoms with van der Waals surface area (Å²) in [6.07, 6.45) is 2.19. The van der Waals surface area contributed by atoms with Crippen LogP contribution in [0.15, 0.2) is 91.0 Å². The van der Waals surface area contributed by atoms with Crippen molar-refractivity contribution in [2.24, 2.45) is 0 Å². The Kier molecular flexibility index (Phi) is 3.08. The monoisotopic (exact) mass is 424 g/mol. The zero-order valence-corrected chi connectivity index (χ0v) is 17.9. The second kappa shape index (κ2) is 5.87. The fourth-order valence-corrected chi connectivity index (χ4v) is 6.54. The maximum atomic E-state index is 6.44. The molecule has 2 heteroatoms. The van der Waals surface area contributed by atoms with Crippen LogP contribution >= 0.6 is 11.3 Å². The largest absolute Gasteiger partial charge is 0.455 e. The molecule has 0 atom stereocenters. The third-order valence-electron chi connectivity index (χ3n) is 6.82. The van der Waals surface area contributed by atoms with Gasteiger partial charge in [0.1, 0.15) is 11.5 Å². The van der Waals surface area contributed by atoms with Crippen molar-refractivity contribution in [2.75, 3.05) is 0 Å². The highest BCUT2D eigenvalue weighted by Gasteiger charge is 2.20. The van der Waals surface area contributed by atoms with Gasteiger partial charge in [-0.15, -0.1) is 11.3 Å². The molecule has 0 spiro atoms. The lowest BCUT2D eigenvalue weighted by Gasteiger charge is -2.19. The zero-order chi connectivity index (χ0) is 20.8. The molecule has 0 unspecified atom stereocenters. The standard InChI is InChI=1S/C30H16OS/c1-2-9-21-20(8-1)22-12-11-19-16-27(32-26-14-13-23(21)30(22)29(19)26)25-15-18-7-3-5-17-6-4-10-24(31-25)28(17)18/h1-16H. The highest BCUT2D eigenvalue weighted by molar-refractivity contribution is 7.19. The zero-order valence-electron chi connectivity index (χ0n) is 17.1. The van der Waals surface area contributed by atoms with E-state index in [4.69, 9.17) is 4.74 Å². The van der Waals surface area contributed by atoms with Gasteiger partial charge in [-0.1, -0.05) is 72.8 Å². The molecule has 0 amide bonds. The van der Waals surface area contributed by atoms with Gasteiger partial charge in [0.05, 0.1) is 4.88 Å². The lowest BCUT2D eigenvalue weighted by atomic mass is 10.00. The van der Waals surface area contributed by atoms with Crippen LogP contribution in [0, 0.1) is 0 Å². The Morgan fingerprint density at radius 2 is 1.34 bits per heavy atom. The van der Waals surface area contributed by atoms with Gasteiger partial charge in [-0.2, -0.15) is 0 Å². The molecular weight excluding hydrogens is 408 g/mol. The Hall–Kier alpha value is -3.88. The molecule has 0 N–H and O–H groups in total. The summed E-state index contributed by atoms with van der Waals surface area (Å²) in [4.78, 5) is 1.16. The predicted octanol–water partition coefficient (Wildman–Crippen LogP) is 8.84. The average molecular weight is 425 g/mol. The van der Waals surface area contributed by atoms with Crippen LogP contribution in [0.4, 0.5) is 0 Å². The quantitative estimate of drug-likeness (QED) is 0.256. The highest BCUT2D eigenvalue weighted by atomic mass is 32.1. The Balaban J connectivity index is 1.42. The lowest BCUT2D eigenvalue weighted by Crippen LogP contribution is -2.00. The van der Waals surface area contributed by atoms with Crippen molar-refractivity contribution in [3.05, 3.63) is 101 Å². The van der Waals surface area contributed by atoms with E-state index in [9.17, 15) is 0 Å². The molecule has 0 aliphatic carbocycles. The van der Waals surface area contributed by atoms with Gasteiger partial charge in [-0.25, -0.2) is 0 Å². The minimum Gasteiger partial charge on any atom is -0.455 e. The number of hydrogen-bond donors (Lipinski definition) is 0. The van der Waals surface area contributed by atoms with Gasteiger partial charge in [0, 0.05) is 15.5 Å². The second-order valence-corrected chi connectivity index (χ2v) is 9.62. The molecule has 0 radical (unpaired) electrons. The van der Waals surface area contributed by atoms with E-state index in [0.29, 0.717) is 0 Å². The van der Waals surface area contributed by atoms with Crippen molar-refractivity contribution in [1.82, 2.24) is 0 Å². The van der Waals surface area contributed by atoms with Gasteiger partial charge in [-0.3, -0.25) is 0 Å². The normalized spacial score (nSPS) is 13.4. The first kappa shape index (κ1) is 16.8. The van der Waals surface area contributed by atoms with Crippen molar-refractivity contribution in [3.63, 3.8) is 0 Å². The van der Waals surface area contributed by atoms with E-state index < -0.39 is 0 Å². The van der Waals surface area contributed by atoms with Gasteiger partial charge in [0.15, 0.2) is 0 Å². The Labute approximate surface area is 188 Å². The molecule has 1 aliphatic rings. The van der Waals surface area contributed by atoms with Crippen LogP contribution in [0.3, 0.4) is 0 Å². The van der Waals surface area contributed by atoms with Gasteiger partial charge >= 0.3 is 0 Å². The van der Waals surface area contributed by atoms with Crippen LogP contribution in [0.25, 0.3) is 65.0 Å². The highest BCUT2D eigenvalue weighted by Crippen LogP contribution is 2.45. The summed E-state index contributed by atoms with van der Waals surface area (Å²) in [6, 6.07) is 32.9. The molecule has 1 nitrogen and oxygen atoms in total. The minimum absolute atomic E-state index is 0.923. The molecule has 32 heavy (non-hydrogen) atoms. The first-order valence-electron chi connectivity index (χ1n) is 10.9. The lowest BCUT2D eigenvalue weighted by molar-refractivity contribution is 0.523. The van der Waals surface area contributed by atoms with Crippen LogP contribution in [0.2, 0.25) is 0 Å². The summed E-state index contributed by atoms with van der Waals surface area (Å²) in [5, 5.41) is 11.8. The second-order valence-electron chi connectivity index (χ2n) is 8.53. The Morgan fingerprint density at radius 3 is 2.19 bits per heavy atom. The summed E-state index contributed by atoms with van der Waals surface area (Å²) in [7, 11) is 0. The van der Waals surface area contributed by atoms with Gasteiger partial charge < -0.3 is 4.74 Å². The number of ether oxygens (including phenoxy) is 1.